The van der Waals surface area contributed by atoms with Gasteiger partial charge in [0.05, 0.1) is 5.69 Å². The number of carbonyl (C=O) groups is 2. The van der Waals surface area contributed by atoms with Crippen molar-refractivity contribution in [2.24, 2.45) is 0 Å². The van der Waals surface area contributed by atoms with Gasteiger partial charge in [0.25, 0.3) is 5.91 Å². The number of anilines is 2. The molecule has 1 atom stereocenters. The first-order valence-corrected chi connectivity index (χ1v) is 8.39. The third kappa shape index (κ3) is 3.27. The van der Waals surface area contributed by atoms with E-state index in [-0.39, 0.29) is 17.6 Å². The van der Waals surface area contributed by atoms with Crippen LogP contribution >= 0.6 is 0 Å². The topological polar surface area (TPSA) is 58.6 Å². The second-order valence-electron chi connectivity index (χ2n) is 6.93. The number of ether oxygens (including phenoxy) is 1. The number of hydrogen-bond donors (Lipinski definition) is 1. The van der Waals surface area contributed by atoms with Crippen LogP contribution in [0.25, 0.3) is 0 Å². The van der Waals surface area contributed by atoms with Gasteiger partial charge in [0.15, 0.2) is 5.60 Å². The van der Waals surface area contributed by atoms with E-state index < -0.39 is 11.6 Å². The van der Waals surface area contributed by atoms with Crippen LogP contribution in [0.1, 0.15) is 26.3 Å². The number of nitrogens with zero attached hydrogens (tertiary/aromatic N) is 1. The molecule has 26 heavy (non-hydrogen) atoms. The summed E-state index contributed by atoms with van der Waals surface area (Å²) in [6.07, 6.45) is 0. The predicted molar refractivity (Wildman–Crippen MR) is 97.9 cm³/mol. The van der Waals surface area contributed by atoms with Crippen molar-refractivity contribution < 1.29 is 18.7 Å². The summed E-state index contributed by atoms with van der Waals surface area (Å²) < 4.78 is 18.8. The maximum atomic E-state index is 13.0. The van der Waals surface area contributed by atoms with E-state index in [1.165, 1.54) is 29.2 Å². The number of fused-ring (bicyclic) bond motifs is 1. The highest BCUT2D eigenvalue weighted by Crippen LogP contribution is 2.39. The smallest absolute Gasteiger partial charge is 0.271 e. The standard InChI is InChI=1S/C20H21FN2O3/c1-12-5-10-17-16(11-12)23(19(25)20(3,4)26-17)13(2)18(24)22-15-8-6-14(21)7-9-15/h5-11,13H,1-4H3,(H,22,24). The van der Waals surface area contributed by atoms with Crippen LogP contribution in [0.5, 0.6) is 5.75 Å². The van der Waals surface area contributed by atoms with E-state index in [4.69, 9.17) is 4.74 Å². The Labute approximate surface area is 151 Å². The van der Waals surface area contributed by atoms with Crippen molar-refractivity contribution >= 4 is 23.2 Å². The molecule has 0 spiro atoms. The Morgan fingerprint density at radius 3 is 2.50 bits per heavy atom. The van der Waals surface area contributed by atoms with Crippen molar-refractivity contribution in [3.05, 3.63) is 53.8 Å². The van der Waals surface area contributed by atoms with Crippen LogP contribution in [0.3, 0.4) is 0 Å². The Kier molecular flexibility index (Phi) is 4.44. The molecule has 0 fully saturated rings. The molecule has 3 rings (SSSR count). The molecule has 1 aliphatic rings. The summed E-state index contributed by atoms with van der Waals surface area (Å²) in [7, 11) is 0. The summed E-state index contributed by atoms with van der Waals surface area (Å²) in [6.45, 7) is 6.92. The minimum atomic E-state index is -1.08. The molecular formula is C20H21FN2O3. The fourth-order valence-electron chi connectivity index (χ4n) is 2.90. The number of carbonyl (C=O) groups excluding carboxylic acids is 2. The van der Waals surface area contributed by atoms with Gasteiger partial charge in [-0.2, -0.15) is 0 Å². The zero-order chi connectivity index (χ0) is 19.1. The highest BCUT2D eigenvalue weighted by atomic mass is 19.1. The SMILES string of the molecule is Cc1ccc2c(c1)N(C(C)C(=O)Nc1ccc(F)cc1)C(=O)C(C)(C)O2. The highest BCUT2D eigenvalue weighted by molar-refractivity contribution is 6.09. The van der Waals surface area contributed by atoms with Gasteiger partial charge in [-0.05, 0) is 69.7 Å². The van der Waals surface area contributed by atoms with Gasteiger partial charge in [-0.15, -0.1) is 0 Å². The zero-order valence-electron chi connectivity index (χ0n) is 15.2. The molecular weight excluding hydrogens is 335 g/mol. The van der Waals surface area contributed by atoms with Crippen LogP contribution in [-0.2, 0) is 9.59 Å². The first-order chi connectivity index (χ1) is 12.2. The number of amides is 2. The molecule has 1 aliphatic heterocycles. The number of nitrogens with one attached hydrogen (secondary N) is 1. The summed E-state index contributed by atoms with van der Waals surface area (Å²) in [4.78, 5) is 27.1. The minimum Gasteiger partial charge on any atom is -0.476 e. The molecule has 6 heteroatoms. The predicted octanol–water partition coefficient (Wildman–Crippen LogP) is 3.67. The van der Waals surface area contributed by atoms with E-state index in [2.05, 4.69) is 5.32 Å². The van der Waals surface area contributed by atoms with Crippen LogP contribution in [0.4, 0.5) is 15.8 Å². The average molecular weight is 356 g/mol. The van der Waals surface area contributed by atoms with Crippen LogP contribution in [-0.4, -0.2) is 23.5 Å². The van der Waals surface area contributed by atoms with Crippen molar-refractivity contribution in [3.8, 4) is 5.75 Å². The number of halogens is 1. The number of aryl methyl sites for hydroxylation is 1. The summed E-state index contributed by atoms with van der Waals surface area (Å²) >= 11 is 0. The summed E-state index contributed by atoms with van der Waals surface area (Å²) in [5.74, 6) is -0.486. The molecule has 0 radical (unpaired) electrons. The summed E-state index contributed by atoms with van der Waals surface area (Å²) in [6, 6.07) is 10.2. The fraction of sp³-hybridized carbons (Fsp3) is 0.300. The maximum Gasteiger partial charge on any atom is 0.271 e. The highest BCUT2D eigenvalue weighted by Gasteiger charge is 2.44. The molecule has 0 bridgehead atoms. The van der Waals surface area contributed by atoms with Crippen LogP contribution in [0.2, 0.25) is 0 Å². The normalized spacial score (nSPS) is 16.5. The van der Waals surface area contributed by atoms with Crippen molar-refractivity contribution in [3.63, 3.8) is 0 Å². The van der Waals surface area contributed by atoms with Gasteiger partial charge in [0.1, 0.15) is 17.6 Å². The largest absolute Gasteiger partial charge is 0.476 e. The van der Waals surface area contributed by atoms with Gasteiger partial charge in [0, 0.05) is 5.69 Å². The first kappa shape index (κ1) is 17.9. The number of hydrogen-bond acceptors (Lipinski definition) is 3. The molecule has 0 aliphatic carbocycles. The molecule has 0 aromatic heterocycles. The molecule has 2 amide bonds. The third-order valence-corrected chi connectivity index (χ3v) is 4.35. The third-order valence-electron chi connectivity index (χ3n) is 4.35. The molecule has 5 nitrogen and oxygen atoms in total. The summed E-state index contributed by atoms with van der Waals surface area (Å²) in [5, 5.41) is 2.72. The quantitative estimate of drug-likeness (QED) is 0.913. The van der Waals surface area contributed by atoms with E-state index in [1.807, 2.05) is 19.1 Å². The van der Waals surface area contributed by atoms with Crippen LogP contribution in [0, 0.1) is 12.7 Å². The fourth-order valence-corrected chi connectivity index (χ4v) is 2.90. The molecule has 136 valence electrons. The van der Waals surface area contributed by atoms with E-state index in [0.29, 0.717) is 17.1 Å². The number of benzene rings is 2. The maximum absolute atomic E-state index is 13.0. The first-order valence-electron chi connectivity index (χ1n) is 8.39. The molecule has 1 heterocycles. The summed E-state index contributed by atoms with van der Waals surface area (Å²) in [5.41, 5.74) is 0.909. The molecule has 1 unspecified atom stereocenters. The lowest BCUT2D eigenvalue weighted by atomic mass is 10.0. The average Bonchev–Trinajstić information content (AvgIpc) is 2.58. The Morgan fingerprint density at radius 2 is 1.85 bits per heavy atom. The van der Waals surface area contributed by atoms with E-state index in [9.17, 15) is 14.0 Å². The van der Waals surface area contributed by atoms with Gasteiger partial charge in [0.2, 0.25) is 5.91 Å². The molecule has 1 N–H and O–H groups in total. The van der Waals surface area contributed by atoms with E-state index >= 15 is 0 Å². The van der Waals surface area contributed by atoms with Crippen molar-refractivity contribution in [1.29, 1.82) is 0 Å². The Hall–Kier alpha value is -2.89. The number of rotatable bonds is 3. The van der Waals surface area contributed by atoms with Crippen molar-refractivity contribution in [2.45, 2.75) is 39.3 Å². The van der Waals surface area contributed by atoms with Crippen molar-refractivity contribution in [2.75, 3.05) is 10.2 Å². The van der Waals surface area contributed by atoms with Gasteiger partial charge in [-0.1, -0.05) is 6.07 Å². The Balaban J connectivity index is 1.93. The van der Waals surface area contributed by atoms with Gasteiger partial charge < -0.3 is 10.1 Å². The monoisotopic (exact) mass is 356 g/mol. The van der Waals surface area contributed by atoms with Gasteiger partial charge in [-0.25, -0.2) is 4.39 Å². The van der Waals surface area contributed by atoms with Crippen LogP contribution in [0.15, 0.2) is 42.5 Å². The lowest BCUT2D eigenvalue weighted by Crippen LogP contribution is -2.57. The lowest BCUT2D eigenvalue weighted by molar-refractivity contribution is -0.134. The Bertz CT molecular complexity index is 862. The zero-order valence-corrected chi connectivity index (χ0v) is 15.2. The molecule has 2 aromatic rings. The molecule has 0 saturated heterocycles. The van der Waals surface area contributed by atoms with Crippen LogP contribution < -0.4 is 15.0 Å². The molecule has 2 aromatic carbocycles. The second kappa shape index (κ2) is 6.44. The van der Waals surface area contributed by atoms with Gasteiger partial charge >= 0.3 is 0 Å². The minimum absolute atomic E-state index is 0.294. The van der Waals surface area contributed by atoms with E-state index in [0.717, 1.165) is 5.56 Å². The lowest BCUT2D eigenvalue weighted by Gasteiger charge is -2.41. The molecule has 0 saturated carbocycles. The van der Waals surface area contributed by atoms with Crippen molar-refractivity contribution in [1.82, 2.24) is 0 Å². The van der Waals surface area contributed by atoms with Gasteiger partial charge in [-0.3, -0.25) is 14.5 Å². The van der Waals surface area contributed by atoms with E-state index in [1.54, 1.807) is 26.8 Å². The second-order valence-corrected chi connectivity index (χ2v) is 6.93. The Morgan fingerprint density at radius 1 is 1.19 bits per heavy atom.